The van der Waals surface area contributed by atoms with E-state index in [4.69, 9.17) is 5.84 Å². The van der Waals surface area contributed by atoms with Gasteiger partial charge in [-0.1, -0.05) is 6.07 Å². The maximum Gasteiger partial charge on any atom is 0.0871 e. The van der Waals surface area contributed by atoms with Crippen molar-refractivity contribution in [1.29, 1.82) is 0 Å². The molecule has 0 radical (unpaired) electrons. The number of halogens is 1. The Labute approximate surface area is 103 Å². The van der Waals surface area contributed by atoms with Crippen LogP contribution in [0, 0.1) is 20.8 Å². The smallest absolute Gasteiger partial charge is 0.0871 e. The molecule has 0 bridgehead atoms. The molecule has 3 nitrogen and oxygen atoms in total. The number of aryl methyl sites for hydroxylation is 2. The second-order valence-corrected chi connectivity index (χ2v) is 4.78. The van der Waals surface area contributed by atoms with Crippen molar-refractivity contribution < 1.29 is 0 Å². The van der Waals surface area contributed by atoms with Crippen molar-refractivity contribution in [1.82, 2.24) is 4.98 Å². The SMILES string of the molecule is Cc1nc2c(Br)ccc(C)c2c(NN)c1C. The first-order valence-electron chi connectivity index (χ1n) is 5.09. The fourth-order valence-electron chi connectivity index (χ4n) is 1.89. The van der Waals surface area contributed by atoms with Crippen LogP contribution in [0.5, 0.6) is 0 Å². The highest BCUT2D eigenvalue weighted by Crippen LogP contribution is 2.33. The van der Waals surface area contributed by atoms with Gasteiger partial charge in [0.15, 0.2) is 0 Å². The lowest BCUT2D eigenvalue weighted by atomic mass is 10.0. The number of fused-ring (bicyclic) bond motifs is 1. The Morgan fingerprint density at radius 3 is 2.56 bits per heavy atom. The van der Waals surface area contributed by atoms with E-state index >= 15 is 0 Å². The fraction of sp³-hybridized carbons (Fsp3) is 0.250. The molecule has 0 saturated heterocycles. The van der Waals surface area contributed by atoms with Crippen LogP contribution in [-0.4, -0.2) is 4.98 Å². The van der Waals surface area contributed by atoms with Gasteiger partial charge < -0.3 is 5.43 Å². The van der Waals surface area contributed by atoms with Crippen molar-refractivity contribution >= 4 is 32.5 Å². The van der Waals surface area contributed by atoms with Crippen LogP contribution < -0.4 is 11.3 Å². The number of aromatic nitrogens is 1. The Hall–Kier alpha value is -1.13. The largest absolute Gasteiger partial charge is 0.323 e. The number of nitrogen functional groups attached to an aromatic ring is 1. The molecule has 0 spiro atoms. The highest BCUT2D eigenvalue weighted by molar-refractivity contribution is 9.10. The van der Waals surface area contributed by atoms with Crippen LogP contribution in [0.2, 0.25) is 0 Å². The lowest BCUT2D eigenvalue weighted by Crippen LogP contribution is -2.11. The minimum atomic E-state index is 0.955. The number of hydrazine groups is 1. The zero-order chi connectivity index (χ0) is 11.9. The first-order valence-corrected chi connectivity index (χ1v) is 5.88. The number of nitrogens with zero attached hydrogens (tertiary/aromatic N) is 1. The van der Waals surface area contributed by atoms with E-state index < -0.39 is 0 Å². The minimum absolute atomic E-state index is 0.955. The van der Waals surface area contributed by atoms with Crippen LogP contribution in [0.3, 0.4) is 0 Å². The third-order valence-electron chi connectivity index (χ3n) is 2.93. The first kappa shape index (κ1) is 11.4. The van der Waals surface area contributed by atoms with Gasteiger partial charge in [0.2, 0.25) is 0 Å². The minimum Gasteiger partial charge on any atom is -0.323 e. The summed E-state index contributed by atoms with van der Waals surface area (Å²) in [4.78, 5) is 4.60. The zero-order valence-electron chi connectivity index (χ0n) is 9.56. The highest BCUT2D eigenvalue weighted by atomic mass is 79.9. The summed E-state index contributed by atoms with van der Waals surface area (Å²) in [5.74, 6) is 5.61. The Morgan fingerprint density at radius 1 is 1.25 bits per heavy atom. The van der Waals surface area contributed by atoms with Gasteiger partial charge in [0.05, 0.1) is 11.2 Å². The number of anilines is 1. The molecule has 1 heterocycles. The quantitative estimate of drug-likeness (QED) is 0.623. The lowest BCUT2D eigenvalue weighted by Gasteiger charge is -2.14. The van der Waals surface area contributed by atoms with Gasteiger partial charge in [0, 0.05) is 15.6 Å². The fourth-order valence-corrected chi connectivity index (χ4v) is 2.31. The third-order valence-corrected chi connectivity index (χ3v) is 3.57. The molecule has 2 aromatic rings. The Morgan fingerprint density at radius 2 is 1.94 bits per heavy atom. The first-order chi connectivity index (χ1) is 7.56. The normalized spacial score (nSPS) is 10.8. The van der Waals surface area contributed by atoms with Crippen LogP contribution in [0.4, 0.5) is 5.69 Å². The summed E-state index contributed by atoms with van der Waals surface area (Å²) in [6.45, 7) is 6.08. The molecule has 0 atom stereocenters. The predicted molar refractivity (Wildman–Crippen MR) is 71.5 cm³/mol. The van der Waals surface area contributed by atoms with Gasteiger partial charge in [0.1, 0.15) is 0 Å². The monoisotopic (exact) mass is 279 g/mol. The maximum absolute atomic E-state index is 5.61. The van der Waals surface area contributed by atoms with Crippen molar-refractivity contribution in [2.75, 3.05) is 5.43 Å². The number of benzene rings is 1. The van der Waals surface area contributed by atoms with Crippen molar-refractivity contribution in [3.05, 3.63) is 33.4 Å². The molecule has 0 aliphatic carbocycles. The maximum atomic E-state index is 5.61. The molecule has 0 saturated carbocycles. The molecule has 1 aromatic carbocycles. The van der Waals surface area contributed by atoms with E-state index in [9.17, 15) is 0 Å². The Balaban J connectivity index is 3.02. The predicted octanol–water partition coefficient (Wildman–Crippen LogP) is 3.21. The molecule has 4 heteroatoms. The molecular formula is C12H14BrN3. The number of nitrogens with two attached hydrogens (primary N) is 1. The van der Waals surface area contributed by atoms with E-state index in [2.05, 4.69) is 39.3 Å². The standard InChI is InChI=1S/C12H14BrN3/c1-6-4-5-9(13)12-10(6)11(16-14)7(2)8(3)15-12/h4-5H,14H2,1-3H3,(H,15,16). The summed E-state index contributed by atoms with van der Waals surface area (Å²) in [6.07, 6.45) is 0. The molecular weight excluding hydrogens is 266 g/mol. The lowest BCUT2D eigenvalue weighted by molar-refractivity contribution is 1.17. The van der Waals surface area contributed by atoms with Gasteiger partial charge >= 0.3 is 0 Å². The van der Waals surface area contributed by atoms with Crippen LogP contribution in [0.25, 0.3) is 10.9 Å². The summed E-state index contributed by atoms with van der Waals surface area (Å²) in [5.41, 5.74) is 7.95. The molecule has 0 fully saturated rings. The van der Waals surface area contributed by atoms with Gasteiger partial charge in [-0.05, 0) is 53.9 Å². The molecule has 1 aromatic heterocycles. The summed E-state index contributed by atoms with van der Waals surface area (Å²) in [5, 5.41) is 1.08. The summed E-state index contributed by atoms with van der Waals surface area (Å²) in [7, 11) is 0. The highest BCUT2D eigenvalue weighted by Gasteiger charge is 2.12. The molecule has 0 aliphatic rings. The molecule has 16 heavy (non-hydrogen) atoms. The Bertz CT molecular complexity index is 564. The average Bonchev–Trinajstić information content (AvgIpc) is 2.26. The molecule has 3 N–H and O–H groups in total. The van der Waals surface area contributed by atoms with Gasteiger partial charge in [-0.25, -0.2) is 0 Å². The molecule has 2 rings (SSSR count). The second kappa shape index (κ2) is 4.03. The molecule has 0 unspecified atom stereocenters. The Kier molecular flexibility index (Phi) is 2.86. The summed E-state index contributed by atoms with van der Waals surface area (Å²) >= 11 is 3.52. The van der Waals surface area contributed by atoms with Crippen LogP contribution in [-0.2, 0) is 0 Å². The molecule has 0 amide bonds. The number of pyridine rings is 1. The van der Waals surface area contributed by atoms with Crippen molar-refractivity contribution in [2.24, 2.45) is 5.84 Å². The number of rotatable bonds is 1. The van der Waals surface area contributed by atoms with Gasteiger partial charge in [-0.3, -0.25) is 10.8 Å². The van der Waals surface area contributed by atoms with Gasteiger partial charge in [0.25, 0.3) is 0 Å². The summed E-state index contributed by atoms with van der Waals surface area (Å²) in [6, 6.07) is 4.07. The molecule has 84 valence electrons. The zero-order valence-corrected chi connectivity index (χ0v) is 11.1. The van der Waals surface area contributed by atoms with E-state index in [1.807, 2.05) is 19.9 Å². The van der Waals surface area contributed by atoms with E-state index in [0.29, 0.717) is 0 Å². The molecule has 0 aliphatic heterocycles. The second-order valence-electron chi connectivity index (χ2n) is 3.93. The topological polar surface area (TPSA) is 50.9 Å². The number of hydrogen-bond acceptors (Lipinski definition) is 3. The van der Waals surface area contributed by atoms with Gasteiger partial charge in [-0.2, -0.15) is 0 Å². The van der Waals surface area contributed by atoms with Crippen LogP contribution in [0.15, 0.2) is 16.6 Å². The van der Waals surface area contributed by atoms with Crippen LogP contribution >= 0.6 is 15.9 Å². The van der Waals surface area contributed by atoms with Gasteiger partial charge in [-0.15, -0.1) is 0 Å². The van der Waals surface area contributed by atoms with E-state index in [1.54, 1.807) is 0 Å². The van der Waals surface area contributed by atoms with E-state index in [-0.39, 0.29) is 0 Å². The van der Waals surface area contributed by atoms with Crippen molar-refractivity contribution in [3.8, 4) is 0 Å². The van der Waals surface area contributed by atoms with Crippen molar-refractivity contribution in [2.45, 2.75) is 20.8 Å². The van der Waals surface area contributed by atoms with E-state index in [1.165, 1.54) is 5.56 Å². The van der Waals surface area contributed by atoms with Crippen molar-refractivity contribution in [3.63, 3.8) is 0 Å². The number of hydrogen-bond donors (Lipinski definition) is 2. The average molecular weight is 280 g/mol. The summed E-state index contributed by atoms with van der Waals surface area (Å²) < 4.78 is 0.993. The van der Waals surface area contributed by atoms with E-state index in [0.717, 1.165) is 32.3 Å². The third kappa shape index (κ3) is 1.58. The number of nitrogens with one attached hydrogen (secondary N) is 1. The van der Waals surface area contributed by atoms with Crippen LogP contribution in [0.1, 0.15) is 16.8 Å².